The molecule has 1 amide bonds. The number of likely N-dealkylation sites (tertiary alicyclic amines) is 1. The molecular formula is C18H22N2O2. The SMILES string of the molecule is Cc1ccc(-c2cccc(C(=O)N3CCCC[C@H]3CN)c2)o1. The van der Waals surface area contributed by atoms with Crippen LogP contribution in [0.15, 0.2) is 40.8 Å². The standard InChI is InChI=1S/C18H22N2O2/c1-13-8-9-17(22-13)14-5-4-6-15(11-14)18(21)20-10-3-2-7-16(20)12-19/h4-6,8-9,11,16H,2-3,7,10,12,19H2,1H3/t16-/m0/s1. The van der Waals surface area contributed by atoms with Gasteiger partial charge in [0.1, 0.15) is 11.5 Å². The van der Waals surface area contributed by atoms with Gasteiger partial charge < -0.3 is 15.1 Å². The topological polar surface area (TPSA) is 59.5 Å². The lowest BCUT2D eigenvalue weighted by Crippen LogP contribution is -2.47. The van der Waals surface area contributed by atoms with Gasteiger partial charge in [0, 0.05) is 30.3 Å². The van der Waals surface area contributed by atoms with Gasteiger partial charge in [-0.2, -0.15) is 0 Å². The number of hydrogen-bond acceptors (Lipinski definition) is 3. The number of nitrogens with two attached hydrogens (primary N) is 1. The Morgan fingerprint density at radius 3 is 2.91 bits per heavy atom. The van der Waals surface area contributed by atoms with Crippen molar-refractivity contribution in [2.75, 3.05) is 13.1 Å². The van der Waals surface area contributed by atoms with Crippen molar-refractivity contribution in [3.63, 3.8) is 0 Å². The summed E-state index contributed by atoms with van der Waals surface area (Å²) in [6.07, 6.45) is 3.20. The Hall–Kier alpha value is -2.07. The Kier molecular flexibility index (Phi) is 4.29. The van der Waals surface area contributed by atoms with Gasteiger partial charge in [0.15, 0.2) is 0 Å². The summed E-state index contributed by atoms with van der Waals surface area (Å²) in [5, 5.41) is 0. The van der Waals surface area contributed by atoms with Gasteiger partial charge in [-0.05, 0) is 50.5 Å². The zero-order chi connectivity index (χ0) is 15.5. The first-order valence-electron chi connectivity index (χ1n) is 7.87. The van der Waals surface area contributed by atoms with Gasteiger partial charge in [-0.25, -0.2) is 0 Å². The van der Waals surface area contributed by atoms with E-state index in [9.17, 15) is 4.79 Å². The number of furan rings is 1. The van der Waals surface area contributed by atoms with Crippen LogP contribution in [-0.4, -0.2) is 29.9 Å². The minimum absolute atomic E-state index is 0.0697. The van der Waals surface area contributed by atoms with Crippen molar-refractivity contribution in [2.24, 2.45) is 5.73 Å². The lowest BCUT2D eigenvalue weighted by atomic mass is 10.00. The van der Waals surface area contributed by atoms with E-state index in [1.807, 2.05) is 48.2 Å². The van der Waals surface area contributed by atoms with Crippen molar-refractivity contribution in [2.45, 2.75) is 32.2 Å². The number of amides is 1. The first-order chi connectivity index (χ1) is 10.7. The van der Waals surface area contributed by atoms with E-state index in [-0.39, 0.29) is 11.9 Å². The van der Waals surface area contributed by atoms with Crippen LogP contribution >= 0.6 is 0 Å². The van der Waals surface area contributed by atoms with Crippen LogP contribution in [0.4, 0.5) is 0 Å². The van der Waals surface area contributed by atoms with Gasteiger partial charge in [-0.15, -0.1) is 0 Å². The Morgan fingerprint density at radius 1 is 1.32 bits per heavy atom. The minimum Gasteiger partial charge on any atom is -0.461 e. The van der Waals surface area contributed by atoms with Crippen LogP contribution in [0, 0.1) is 6.92 Å². The molecule has 2 heterocycles. The Bertz CT molecular complexity index is 663. The van der Waals surface area contributed by atoms with E-state index in [4.69, 9.17) is 10.2 Å². The molecule has 0 saturated carbocycles. The van der Waals surface area contributed by atoms with E-state index < -0.39 is 0 Å². The van der Waals surface area contributed by atoms with Gasteiger partial charge in [-0.3, -0.25) is 4.79 Å². The highest BCUT2D eigenvalue weighted by molar-refractivity contribution is 5.95. The quantitative estimate of drug-likeness (QED) is 0.946. The number of aryl methyl sites for hydroxylation is 1. The summed E-state index contributed by atoms with van der Waals surface area (Å²) in [7, 11) is 0. The van der Waals surface area contributed by atoms with Gasteiger partial charge >= 0.3 is 0 Å². The second-order valence-electron chi connectivity index (χ2n) is 5.87. The number of carbonyl (C=O) groups is 1. The van der Waals surface area contributed by atoms with Crippen LogP contribution in [0.1, 0.15) is 35.4 Å². The number of piperidine rings is 1. The molecule has 3 rings (SSSR count). The summed E-state index contributed by atoms with van der Waals surface area (Å²) in [6, 6.07) is 11.7. The van der Waals surface area contributed by atoms with Crippen LogP contribution in [0.3, 0.4) is 0 Å². The monoisotopic (exact) mass is 298 g/mol. The molecule has 0 bridgehead atoms. The van der Waals surface area contributed by atoms with Crippen molar-refractivity contribution in [1.29, 1.82) is 0 Å². The largest absolute Gasteiger partial charge is 0.461 e. The number of carbonyl (C=O) groups excluding carboxylic acids is 1. The molecule has 22 heavy (non-hydrogen) atoms. The highest BCUT2D eigenvalue weighted by Gasteiger charge is 2.26. The van der Waals surface area contributed by atoms with Crippen LogP contribution in [0.2, 0.25) is 0 Å². The van der Waals surface area contributed by atoms with E-state index in [0.29, 0.717) is 12.1 Å². The molecule has 0 unspecified atom stereocenters. The molecule has 0 aliphatic carbocycles. The average molecular weight is 298 g/mol. The molecule has 1 fully saturated rings. The van der Waals surface area contributed by atoms with E-state index in [1.54, 1.807) is 0 Å². The van der Waals surface area contributed by atoms with Crippen LogP contribution in [0.25, 0.3) is 11.3 Å². The molecular weight excluding hydrogens is 276 g/mol. The normalized spacial score (nSPS) is 18.5. The zero-order valence-corrected chi connectivity index (χ0v) is 12.9. The molecule has 2 N–H and O–H groups in total. The first-order valence-corrected chi connectivity index (χ1v) is 7.87. The van der Waals surface area contributed by atoms with Gasteiger partial charge in [0.05, 0.1) is 0 Å². The Morgan fingerprint density at radius 2 is 2.18 bits per heavy atom. The van der Waals surface area contributed by atoms with E-state index in [2.05, 4.69) is 0 Å². The summed E-state index contributed by atoms with van der Waals surface area (Å²) >= 11 is 0. The molecule has 116 valence electrons. The predicted molar refractivity (Wildman–Crippen MR) is 86.6 cm³/mol. The summed E-state index contributed by atoms with van der Waals surface area (Å²) in [5.74, 6) is 1.73. The molecule has 0 radical (unpaired) electrons. The molecule has 1 aromatic heterocycles. The van der Waals surface area contributed by atoms with Crippen molar-refractivity contribution in [1.82, 2.24) is 4.90 Å². The van der Waals surface area contributed by atoms with Crippen LogP contribution < -0.4 is 5.73 Å². The maximum Gasteiger partial charge on any atom is 0.254 e. The van der Waals surface area contributed by atoms with Crippen molar-refractivity contribution in [3.8, 4) is 11.3 Å². The number of hydrogen-bond donors (Lipinski definition) is 1. The van der Waals surface area contributed by atoms with Gasteiger partial charge in [0.25, 0.3) is 5.91 Å². The first kappa shape index (κ1) is 14.9. The van der Waals surface area contributed by atoms with Gasteiger partial charge in [0.2, 0.25) is 0 Å². The molecule has 1 atom stereocenters. The maximum absolute atomic E-state index is 12.8. The van der Waals surface area contributed by atoms with Crippen molar-refractivity contribution < 1.29 is 9.21 Å². The Labute approximate surface area is 130 Å². The summed E-state index contributed by atoms with van der Waals surface area (Å²) in [4.78, 5) is 14.7. The average Bonchev–Trinajstić information content (AvgIpc) is 3.01. The molecule has 2 aromatic rings. The van der Waals surface area contributed by atoms with Crippen LogP contribution in [0.5, 0.6) is 0 Å². The molecule has 1 aliphatic rings. The minimum atomic E-state index is 0.0697. The number of nitrogens with zero attached hydrogens (tertiary/aromatic N) is 1. The third-order valence-electron chi connectivity index (χ3n) is 4.29. The fourth-order valence-corrected chi connectivity index (χ4v) is 3.07. The van der Waals surface area contributed by atoms with E-state index >= 15 is 0 Å². The fourth-order valence-electron chi connectivity index (χ4n) is 3.07. The molecule has 4 heteroatoms. The summed E-state index contributed by atoms with van der Waals surface area (Å²) in [6.45, 7) is 3.24. The number of rotatable bonds is 3. The lowest BCUT2D eigenvalue weighted by Gasteiger charge is -2.35. The zero-order valence-electron chi connectivity index (χ0n) is 12.9. The summed E-state index contributed by atoms with van der Waals surface area (Å²) < 4.78 is 5.65. The van der Waals surface area contributed by atoms with Crippen molar-refractivity contribution >= 4 is 5.91 Å². The second-order valence-corrected chi connectivity index (χ2v) is 5.87. The third kappa shape index (κ3) is 2.92. The van der Waals surface area contributed by atoms with E-state index in [0.717, 1.165) is 42.9 Å². The summed E-state index contributed by atoms with van der Waals surface area (Å²) in [5.41, 5.74) is 7.46. The third-order valence-corrected chi connectivity index (χ3v) is 4.29. The molecule has 1 aliphatic heterocycles. The molecule has 1 aromatic carbocycles. The highest BCUT2D eigenvalue weighted by atomic mass is 16.3. The van der Waals surface area contributed by atoms with Gasteiger partial charge in [-0.1, -0.05) is 12.1 Å². The predicted octanol–water partition coefficient (Wildman–Crippen LogP) is 3.21. The Balaban J connectivity index is 1.86. The molecule has 1 saturated heterocycles. The smallest absolute Gasteiger partial charge is 0.254 e. The fraction of sp³-hybridized carbons (Fsp3) is 0.389. The van der Waals surface area contributed by atoms with Crippen LogP contribution in [-0.2, 0) is 0 Å². The lowest BCUT2D eigenvalue weighted by molar-refractivity contribution is 0.0623. The van der Waals surface area contributed by atoms with E-state index in [1.165, 1.54) is 0 Å². The maximum atomic E-state index is 12.8. The number of benzene rings is 1. The van der Waals surface area contributed by atoms with Crippen molar-refractivity contribution in [3.05, 3.63) is 47.7 Å². The highest BCUT2D eigenvalue weighted by Crippen LogP contribution is 2.25. The second kappa shape index (κ2) is 6.36. The molecule has 0 spiro atoms. The molecule has 4 nitrogen and oxygen atoms in total.